The number of hydrogen-bond donors (Lipinski definition) is 2. The highest BCUT2D eigenvalue weighted by Crippen LogP contribution is 2.30. The number of nitrogens with zero attached hydrogens (tertiary/aromatic N) is 2. The average Bonchev–Trinajstić information content (AvgIpc) is 2.78. The fraction of sp³-hybridized carbons (Fsp3) is 0.292. The Morgan fingerprint density at radius 2 is 1.74 bits per heavy atom. The highest BCUT2D eigenvalue weighted by atomic mass is 19.4. The van der Waals surface area contributed by atoms with Crippen LogP contribution in [0.1, 0.15) is 36.5 Å². The second-order valence-corrected chi connectivity index (χ2v) is 7.84. The van der Waals surface area contributed by atoms with Crippen LogP contribution in [0.4, 0.5) is 24.7 Å². The van der Waals surface area contributed by atoms with E-state index in [1.54, 1.807) is 30.3 Å². The van der Waals surface area contributed by atoms with Gasteiger partial charge in [-0.1, -0.05) is 61.9 Å². The van der Waals surface area contributed by atoms with E-state index in [2.05, 4.69) is 4.98 Å². The fourth-order valence-corrected chi connectivity index (χ4v) is 3.56. The number of hydrogen-bond acceptors (Lipinski definition) is 4. The second-order valence-electron chi connectivity index (χ2n) is 7.84. The van der Waals surface area contributed by atoms with Gasteiger partial charge in [0.25, 0.3) is 5.56 Å². The van der Waals surface area contributed by atoms with Crippen LogP contribution < -0.4 is 21.9 Å². The lowest BCUT2D eigenvalue weighted by Gasteiger charge is -2.25. The minimum absolute atomic E-state index is 0.0576. The maximum absolute atomic E-state index is 13.3. The van der Waals surface area contributed by atoms with Crippen molar-refractivity contribution < 1.29 is 18.0 Å². The molecule has 0 fully saturated rings. The average molecular weight is 474 g/mol. The van der Waals surface area contributed by atoms with Crippen molar-refractivity contribution in [2.24, 2.45) is 0 Å². The van der Waals surface area contributed by atoms with E-state index in [1.165, 1.54) is 16.7 Å². The smallest absolute Gasteiger partial charge is 0.383 e. The number of nitrogens with one attached hydrogen (secondary N) is 1. The number of carbonyl (C=O) groups excluding carboxylic acids is 1. The summed E-state index contributed by atoms with van der Waals surface area (Å²) in [4.78, 5) is 41.7. The Bertz CT molecular complexity index is 1270. The first-order valence-electron chi connectivity index (χ1n) is 10.7. The first kappa shape index (κ1) is 24.8. The molecule has 180 valence electrons. The predicted molar refractivity (Wildman–Crippen MR) is 123 cm³/mol. The molecule has 34 heavy (non-hydrogen) atoms. The Kier molecular flexibility index (Phi) is 7.60. The Labute approximate surface area is 193 Å². The summed E-state index contributed by atoms with van der Waals surface area (Å²) in [6, 6.07) is 13.2. The van der Waals surface area contributed by atoms with Crippen LogP contribution in [0.3, 0.4) is 0 Å². The van der Waals surface area contributed by atoms with Crippen molar-refractivity contribution in [3.05, 3.63) is 92.1 Å². The Balaban J connectivity index is 2.06. The minimum Gasteiger partial charge on any atom is -0.383 e. The van der Waals surface area contributed by atoms with E-state index in [1.807, 2.05) is 6.92 Å². The molecule has 10 heteroatoms. The lowest BCUT2D eigenvalue weighted by atomic mass is 10.1. The molecule has 0 saturated heterocycles. The molecule has 0 bridgehead atoms. The number of aromatic amines is 1. The SMILES string of the molecule is CCCCn1c(N)c(N(Cc2ccccc2)C(=O)Cc2cccc(C(F)(F)F)c2)c(=O)[nH]c1=O. The number of alkyl halides is 3. The van der Waals surface area contributed by atoms with Gasteiger partial charge in [0.2, 0.25) is 5.91 Å². The van der Waals surface area contributed by atoms with Gasteiger partial charge in [0.15, 0.2) is 5.69 Å². The molecule has 0 atom stereocenters. The van der Waals surface area contributed by atoms with E-state index in [9.17, 15) is 27.6 Å². The largest absolute Gasteiger partial charge is 0.416 e. The number of H-pyrrole nitrogens is 1. The van der Waals surface area contributed by atoms with Crippen molar-refractivity contribution in [1.29, 1.82) is 0 Å². The van der Waals surface area contributed by atoms with Gasteiger partial charge in [-0.15, -0.1) is 0 Å². The molecule has 3 N–H and O–H groups in total. The number of amides is 1. The Morgan fingerprint density at radius 1 is 1.06 bits per heavy atom. The zero-order valence-corrected chi connectivity index (χ0v) is 18.6. The maximum Gasteiger partial charge on any atom is 0.416 e. The summed E-state index contributed by atoms with van der Waals surface area (Å²) in [6.45, 7) is 2.11. The van der Waals surface area contributed by atoms with E-state index in [0.717, 1.165) is 23.5 Å². The molecule has 0 saturated carbocycles. The number of aromatic nitrogens is 2. The molecule has 1 aromatic heterocycles. The summed E-state index contributed by atoms with van der Waals surface area (Å²) >= 11 is 0. The highest BCUT2D eigenvalue weighted by Gasteiger charge is 2.31. The molecular weight excluding hydrogens is 449 g/mol. The van der Waals surface area contributed by atoms with Crippen LogP contribution in [-0.4, -0.2) is 15.5 Å². The van der Waals surface area contributed by atoms with Crippen LogP contribution in [0.5, 0.6) is 0 Å². The van der Waals surface area contributed by atoms with Gasteiger partial charge in [0.1, 0.15) is 5.82 Å². The first-order valence-corrected chi connectivity index (χ1v) is 10.7. The van der Waals surface area contributed by atoms with Crippen LogP contribution in [0.2, 0.25) is 0 Å². The van der Waals surface area contributed by atoms with Crippen LogP contribution in [0.25, 0.3) is 0 Å². The number of anilines is 2. The molecule has 3 rings (SSSR count). The fourth-order valence-electron chi connectivity index (χ4n) is 3.56. The number of rotatable bonds is 8. The summed E-state index contributed by atoms with van der Waals surface area (Å²) in [5, 5.41) is 0. The molecular formula is C24H25F3N4O3. The van der Waals surface area contributed by atoms with Gasteiger partial charge in [-0.3, -0.25) is 24.0 Å². The number of nitrogens with two attached hydrogens (primary N) is 1. The van der Waals surface area contributed by atoms with E-state index in [0.29, 0.717) is 12.0 Å². The van der Waals surface area contributed by atoms with Crippen LogP contribution >= 0.6 is 0 Å². The standard InChI is InChI=1S/C24H25F3N4O3/c1-2-3-12-30-21(28)20(22(33)29-23(30)34)31(15-16-8-5-4-6-9-16)19(32)14-17-10-7-11-18(13-17)24(25,26)27/h4-11,13H,2-3,12,14-15,28H2,1H3,(H,29,33,34). The van der Waals surface area contributed by atoms with E-state index in [4.69, 9.17) is 5.73 Å². The first-order chi connectivity index (χ1) is 16.1. The van der Waals surface area contributed by atoms with Crippen LogP contribution in [0.15, 0.2) is 64.2 Å². The van der Waals surface area contributed by atoms with Crippen LogP contribution in [-0.2, 0) is 30.5 Å². The van der Waals surface area contributed by atoms with Crippen molar-refractivity contribution in [2.75, 3.05) is 10.6 Å². The lowest BCUT2D eigenvalue weighted by molar-refractivity contribution is -0.137. The molecule has 3 aromatic rings. The van der Waals surface area contributed by atoms with Crippen LogP contribution in [0, 0.1) is 0 Å². The van der Waals surface area contributed by atoms with Gasteiger partial charge in [0, 0.05) is 6.54 Å². The van der Waals surface area contributed by atoms with Gasteiger partial charge >= 0.3 is 11.9 Å². The zero-order valence-electron chi connectivity index (χ0n) is 18.6. The number of carbonyl (C=O) groups is 1. The van der Waals surface area contributed by atoms with Gasteiger partial charge in [-0.05, 0) is 23.6 Å². The number of benzene rings is 2. The van der Waals surface area contributed by atoms with E-state index in [-0.39, 0.29) is 30.2 Å². The number of unbranched alkanes of at least 4 members (excludes halogenated alkanes) is 1. The summed E-state index contributed by atoms with van der Waals surface area (Å²) < 4.78 is 40.5. The molecule has 0 aliphatic carbocycles. The lowest BCUT2D eigenvalue weighted by Crippen LogP contribution is -2.41. The number of nitrogen functional groups attached to an aromatic ring is 1. The summed E-state index contributed by atoms with van der Waals surface area (Å²) in [7, 11) is 0. The predicted octanol–water partition coefficient (Wildman–Crippen LogP) is 3.71. The molecule has 0 aliphatic heterocycles. The van der Waals surface area contributed by atoms with Crippen molar-refractivity contribution in [1.82, 2.24) is 9.55 Å². The highest BCUT2D eigenvalue weighted by molar-refractivity contribution is 5.96. The van der Waals surface area contributed by atoms with Crippen molar-refractivity contribution in [3.8, 4) is 0 Å². The Morgan fingerprint density at radius 3 is 2.38 bits per heavy atom. The van der Waals surface area contributed by atoms with E-state index >= 15 is 0 Å². The van der Waals surface area contributed by atoms with E-state index < -0.39 is 35.3 Å². The third-order valence-electron chi connectivity index (χ3n) is 5.31. The minimum atomic E-state index is -4.56. The molecule has 0 spiro atoms. The van der Waals surface area contributed by atoms with Crippen molar-refractivity contribution in [2.45, 2.75) is 45.5 Å². The molecule has 0 radical (unpaired) electrons. The van der Waals surface area contributed by atoms with Gasteiger partial charge in [-0.25, -0.2) is 4.79 Å². The maximum atomic E-state index is 13.3. The topological polar surface area (TPSA) is 101 Å². The second kappa shape index (κ2) is 10.4. The monoisotopic (exact) mass is 474 g/mol. The molecule has 1 amide bonds. The van der Waals surface area contributed by atoms with Crippen molar-refractivity contribution >= 4 is 17.4 Å². The molecule has 0 aliphatic rings. The summed E-state index contributed by atoms with van der Waals surface area (Å²) in [5.41, 5.74) is 4.37. The molecule has 2 aromatic carbocycles. The summed E-state index contributed by atoms with van der Waals surface area (Å²) in [5.74, 6) is -0.809. The van der Waals surface area contributed by atoms with Gasteiger partial charge in [0.05, 0.1) is 18.5 Å². The third-order valence-corrected chi connectivity index (χ3v) is 5.31. The molecule has 7 nitrogen and oxygen atoms in total. The molecule has 0 unspecified atom stereocenters. The quantitative estimate of drug-likeness (QED) is 0.520. The molecule has 1 heterocycles. The zero-order chi connectivity index (χ0) is 24.9. The normalized spacial score (nSPS) is 11.4. The van der Waals surface area contributed by atoms with Gasteiger partial charge in [-0.2, -0.15) is 13.2 Å². The third kappa shape index (κ3) is 5.75. The number of halogens is 3. The Hall–Kier alpha value is -3.82. The van der Waals surface area contributed by atoms with Crippen molar-refractivity contribution in [3.63, 3.8) is 0 Å². The van der Waals surface area contributed by atoms with Gasteiger partial charge < -0.3 is 5.73 Å². The summed E-state index contributed by atoms with van der Waals surface area (Å²) in [6.07, 6.45) is -3.57.